The summed E-state index contributed by atoms with van der Waals surface area (Å²) in [6.07, 6.45) is 1.92. The molecule has 0 spiro atoms. The number of hydrogen-bond donors (Lipinski definition) is 1. The van der Waals surface area contributed by atoms with Crippen LogP contribution in [0.25, 0.3) is 0 Å². The Hall–Kier alpha value is -4.65. The van der Waals surface area contributed by atoms with Crippen molar-refractivity contribution in [2.24, 2.45) is 0 Å². The largest absolute Gasteiger partial charge is 0.445 e. The average molecular weight is 520 g/mol. The number of nitro benzene ring substituents is 1. The summed E-state index contributed by atoms with van der Waals surface area (Å²) in [5, 5.41) is 14.8. The Kier molecular flexibility index (Phi) is 6.71. The lowest BCUT2D eigenvalue weighted by atomic mass is 9.79. The van der Waals surface area contributed by atoms with Crippen LogP contribution in [-0.2, 0) is 17.8 Å². The topological polar surface area (TPSA) is 84.7 Å². The number of non-ortho nitro benzene ring substituents is 1. The molecule has 1 amide bonds. The number of ether oxygens (including phenoxy) is 1. The molecule has 196 valence electrons. The van der Waals surface area contributed by atoms with Gasteiger partial charge in [0, 0.05) is 17.8 Å². The zero-order valence-corrected chi connectivity index (χ0v) is 21.4. The minimum Gasteiger partial charge on any atom is -0.445 e. The Morgan fingerprint density at radius 2 is 1.62 bits per heavy atom. The van der Waals surface area contributed by atoms with Crippen molar-refractivity contribution < 1.29 is 14.5 Å². The van der Waals surface area contributed by atoms with Crippen molar-refractivity contribution in [3.05, 3.63) is 141 Å². The first kappa shape index (κ1) is 24.7. The molecule has 0 saturated heterocycles. The summed E-state index contributed by atoms with van der Waals surface area (Å²) in [5.74, 6) is 0. The fourth-order valence-corrected chi connectivity index (χ4v) is 6.02. The van der Waals surface area contributed by atoms with Gasteiger partial charge in [-0.3, -0.25) is 10.1 Å². The van der Waals surface area contributed by atoms with E-state index in [1.165, 1.54) is 17.2 Å². The van der Waals surface area contributed by atoms with Crippen molar-refractivity contribution >= 4 is 17.5 Å². The molecule has 3 atom stereocenters. The third-order valence-electron chi connectivity index (χ3n) is 7.76. The summed E-state index contributed by atoms with van der Waals surface area (Å²) in [4.78, 5) is 26.7. The molecule has 0 fully saturated rings. The third kappa shape index (κ3) is 4.95. The number of nitro groups is 1. The number of para-hydroxylation sites is 1. The number of anilines is 1. The molecule has 6 rings (SSSR count). The molecule has 7 nitrogen and oxygen atoms in total. The lowest BCUT2D eigenvalue weighted by molar-refractivity contribution is -0.384. The average Bonchev–Trinajstić information content (AvgIpc) is 2.98. The molecular formula is C32H29N3O4. The summed E-state index contributed by atoms with van der Waals surface area (Å²) in [6, 6.07) is 32.8. The van der Waals surface area contributed by atoms with Gasteiger partial charge in [0.05, 0.1) is 23.0 Å². The Labute approximate surface area is 227 Å². The van der Waals surface area contributed by atoms with Crippen molar-refractivity contribution in [1.82, 2.24) is 5.32 Å². The minimum atomic E-state index is -0.483. The molecule has 4 aromatic carbocycles. The van der Waals surface area contributed by atoms with Crippen molar-refractivity contribution in [3.8, 4) is 0 Å². The van der Waals surface area contributed by atoms with Crippen LogP contribution in [0.2, 0.25) is 0 Å². The second kappa shape index (κ2) is 10.6. The highest BCUT2D eigenvalue weighted by molar-refractivity contribution is 5.72. The van der Waals surface area contributed by atoms with E-state index < -0.39 is 6.09 Å². The van der Waals surface area contributed by atoms with E-state index in [-0.39, 0.29) is 35.3 Å². The smallest absolute Gasteiger partial charge is 0.407 e. The summed E-state index contributed by atoms with van der Waals surface area (Å²) in [6.45, 7) is 0.183. The van der Waals surface area contributed by atoms with Crippen LogP contribution in [0.1, 0.15) is 58.8 Å². The third-order valence-corrected chi connectivity index (χ3v) is 7.76. The summed E-state index contributed by atoms with van der Waals surface area (Å²) in [7, 11) is 0. The molecule has 0 bridgehead atoms. The zero-order valence-electron chi connectivity index (χ0n) is 21.4. The first-order valence-electron chi connectivity index (χ1n) is 13.2. The molecule has 7 heteroatoms. The van der Waals surface area contributed by atoms with E-state index in [0.29, 0.717) is 6.42 Å². The SMILES string of the molecule is O=C(N[C@H]1C[C@@H](c2cccc([N+](=O)[O-])c2)N2c3c(cccc31)CC[C@@H]2c1ccccc1)OCc1ccccc1. The van der Waals surface area contributed by atoms with Gasteiger partial charge < -0.3 is 15.0 Å². The zero-order chi connectivity index (χ0) is 26.8. The highest BCUT2D eigenvalue weighted by atomic mass is 16.6. The van der Waals surface area contributed by atoms with E-state index in [1.807, 2.05) is 48.5 Å². The predicted molar refractivity (Wildman–Crippen MR) is 149 cm³/mol. The molecular weight excluding hydrogens is 490 g/mol. The number of rotatable bonds is 6. The van der Waals surface area contributed by atoms with Gasteiger partial charge in [-0.05, 0) is 47.1 Å². The van der Waals surface area contributed by atoms with E-state index in [2.05, 4.69) is 46.6 Å². The number of benzene rings is 4. The van der Waals surface area contributed by atoms with Crippen LogP contribution in [0.15, 0.2) is 103 Å². The van der Waals surface area contributed by atoms with Gasteiger partial charge >= 0.3 is 6.09 Å². The van der Waals surface area contributed by atoms with Crippen molar-refractivity contribution in [2.75, 3.05) is 4.90 Å². The normalized spacial score (nSPS) is 19.6. The number of hydrogen-bond acceptors (Lipinski definition) is 5. The van der Waals surface area contributed by atoms with E-state index in [1.54, 1.807) is 12.1 Å². The molecule has 0 aromatic heterocycles. The minimum absolute atomic E-state index is 0.0617. The van der Waals surface area contributed by atoms with E-state index in [0.717, 1.165) is 35.2 Å². The van der Waals surface area contributed by atoms with Gasteiger partial charge in [0.25, 0.3) is 5.69 Å². The molecule has 0 unspecified atom stereocenters. The van der Waals surface area contributed by atoms with Gasteiger partial charge in [-0.25, -0.2) is 4.79 Å². The molecule has 0 aliphatic carbocycles. The molecule has 2 heterocycles. The summed E-state index contributed by atoms with van der Waals surface area (Å²) >= 11 is 0. The van der Waals surface area contributed by atoms with Crippen molar-refractivity contribution in [1.29, 1.82) is 0 Å². The predicted octanol–water partition coefficient (Wildman–Crippen LogP) is 7.20. The fraction of sp³-hybridized carbons (Fsp3) is 0.219. The van der Waals surface area contributed by atoms with Gasteiger partial charge in [0.1, 0.15) is 6.61 Å². The van der Waals surface area contributed by atoms with Crippen LogP contribution in [0.3, 0.4) is 0 Å². The number of alkyl carbamates (subject to hydrolysis) is 1. The lowest BCUT2D eigenvalue weighted by Crippen LogP contribution is -2.44. The maximum Gasteiger partial charge on any atom is 0.407 e. The molecule has 2 aliphatic heterocycles. The second-order valence-electron chi connectivity index (χ2n) is 10.1. The van der Waals surface area contributed by atoms with Crippen molar-refractivity contribution in [2.45, 2.75) is 44.0 Å². The highest BCUT2D eigenvalue weighted by Gasteiger charge is 2.42. The quantitative estimate of drug-likeness (QED) is 0.215. The fourth-order valence-electron chi connectivity index (χ4n) is 6.02. The first-order valence-corrected chi connectivity index (χ1v) is 13.2. The number of aryl methyl sites for hydroxylation is 1. The van der Waals surface area contributed by atoms with Crippen LogP contribution in [-0.4, -0.2) is 11.0 Å². The van der Waals surface area contributed by atoms with Gasteiger partial charge in [-0.2, -0.15) is 0 Å². The standard InChI is InChI=1S/C32H29N3O4/c36-32(39-21-22-9-3-1-4-10-22)33-28-20-30(25-14-7-15-26(19-25)35(37)38)34-29(23-11-5-2-6-12-23)18-17-24-13-8-16-27(28)31(24)34/h1-16,19,28-30H,17-18,20-21H2,(H,33,36)/t28-,29+,30-/m0/s1. The number of amides is 1. The maximum absolute atomic E-state index is 13.0. The number of nitrogens with one attached hydrogen (secondary N) is 1. The van der Waals surface area contributed by atoms with Crippen LogP contribution >= 0.6 is 0 Å². The molecule has 39 heavy (non-hydrogen) atoms. The Balaban J connectivity index is 1.39. The molecule has 2 aliphatic rings. The first-order chi connectivity index (χ1) is 19.1. The molecule has 1 N–H and O–H groups in total. The monoisotopic (exact) mass is 519 g/mol. The van der Waals surface area contributed by atoms with E-state index in [9.17, 15) is 14.9 Å². The van der Waals surface area contributed by atoms with Gasteiger partial charge in [-0.1, -0.05) is 91.0 Å². The summed E-state index contributed by atoms with van der Waals surface area (Å²) < 4.78 is 5.57. The van der Waals surface area contributed by atoms with Crippen LogP contribution in [0, 0.1) is 10.1 Å². The van der Waals surface area contributed by atoms with Crippen molar-refractivity contribution in [3.63, 3.8) is 0 Å². The number of carbonyl (C=O) groups excluding carboxylic acids is 1. The summed E-state index contributed by atoms with van der Waals surface area (Å²) in [5.41, 5.74) is 6.42. The van der Waals surface area contributed by atoms with Crippen LogP contribution in [0.4, 0.5) is 16.2 Å². The van der Waals surface area contributed by atoms with E-state index in [4.69, 9.17) is 4.74 Å². The van der Waals surface area contributed by atoms with E-state index >= 15 is 0 Å². The van der Waals surface area contributed by atoms with Gasteiger partial charge in [0.15, 0.2) is 0 Å². The van der Waals surface area contributed by atoms with Crippen LogP contribution in [0.5, 0.6) is 0 Å². The van der Waals surface area contributed by atoms with Crippen LogP contribution < -0.4 is 10.2 Å². The molecule has 0 radical (unpaired) electrons. The molecule has 4 aromatic rings. The van der Waals surface area contributed by atoms with Gasteiger partial charge in [-0.15, -0.1) is 0 Å². The molecule has 0 saturated carbocycles. The highest BCUT2D eigenvalue weighted by Crippen LogP contribution is 2.53. The maximum atomic E-state index is 13.0. The Morgan fingerprint density at radius 1 is 0.897 bits per heavy atom. The Morgan fingerprint density at radius 3 is 2.38 bits per heavy atom. The van der Waals surface area contributed by atoms with Gasteiger partial charge in [0.2, 0.25) is 0 Å². The number of carbonyl (C=O) groups is 1. The number of nitrogens with zero attached hydrogens (tertiary/aromatic N) is 2. The Bertz CT molecular complexity index is 1490. The second-order valence-corrected chi connectivity index (χ2v) is 10.1. The lowest BCUT2D eigenvalue weighted by Gasteiger charge is -2.50.